The van der Waals surface area contributed by atoms with Crippen molar-refractivity contribution in [2.45, 2.75) is 0 Å². The van der Waals surface area contributed by atoms with Gasteiger partial charge in [-0.25, -0.2) is 40.1 Å². The molecule has 0 fully saturated rings. The fourth-order valence-electron chi connectivity index (χ4n) is 2.80. The maximum atomic E-state index is 14.2. The molecule has 25 heavy (non-hydrogen) atoms. The average Bonchev–Trinajstić information content (AvgIpc) is 2.88. The smallest absolute Gasteiger partial charge is 0.198 e. The van der Waals surface area contributed by atoms with Crippen molar-refractivity contribution >= 4 is 27.3 Å². The maximum Gasteiger partial charge on any atom is 0.198 e. The highest BCUT2D eigenvalue weighted by atomic mass is 19.2. The standard InChI is InChI=1S/C15H2F8N2/c16-3-1-24-15-7(8(3)18)5-6(11(21)13(23)12(22)10(5)20)14-9(19)4(17)2-25(14)15/h1-2H. The van der Waals surface area contributed by atoms with Crippen molar-refractivity contribution in [2.24, 2.45) is 0 Å². The Morgan fingerprint density at radius 1 is 0.600 bits per heavy atom. The van der Waals surface area contributed by atoms with E-state index in [0.29, 0.717) is 16.8 Å². The monoisotopic (exact) mass is 362 g/mol. The van der Waals surface area contributed by atoms with Crippen LogP contribution in [-0.2, 0) is 0 Å². The van der Waals surface area contributed by atoms with Crippen LogP contribution < -0.4 is 0 Å². The van der Waals surface area contributed by atoms with Gasteiger partial charge in [0.25, 0.3) is 0 Å². The summed E-state index contributed by atoms with van der Waals surface area (Å²) >= 11 is 0. The lowest BCUT2D eigenvalue weighted by Gasteiger charge is -2.12. The lowest BCUT2D eigenvalue weighted by atomic mass is 10.0. The first-order chi connectivity index (χ1) is 11.8. The molecule has 0 saturated heterocycles. The zero-order valence-corrected chi connectivity index (χ0v) is 11.6. The molecule has 0 bridgehead atoms. The quantitative estimate of drug-likeness (QED) is 0.191. The Morgan fingerprint density at radius 2 is 1.20 bits per heavy atom. The van der Waals surface area contributed by atoms with E-state index >= 15 is 0 Å². The number of hydrogen-bond acceptors (Lipinski definition) is 1. The molecule has 0 unspecified atom stereocenters. The largest absolute Gasteiger partial charge is 0.294 e. The minimum atomic E-state index is -2.31. The van der Waals surface area contributed by atoms with E-state index in [2.05, 4.69) is 4.98 Å². The van der Waals surface area contributed by atoms with Gasteiger partial charge in [-0.1, -0.05) is 0 Å². The normalized spacial score (nSPS) is 12.0. The van der Waals surface area contributed by atoms with E-state index in [1.807, 2.05) is 0 Å². The van der Waals surface area contributed by atoms with Crippen LogP contribution in [0.3, 0.4) is 0 Å². The van der Waals surface area contributed by atoms with Gasteiger partial charge in [0.05, 0.1) is 28.7 Å². The Hall–Kier alpha value is -2.91. The molecule has 1 aromatic carbocycles. The first kappa shape index (κ1) is 15.6. The van der Waals surface area contributed by atoms with Crippen molar-refractivity contribution < 1.29 is 35.1 Å². The Bertz CT molecular complexity index is 1230. The van der Waals surface area contributed by atoms with Gasteiger partial charge >= 0.3 is 0 Å². The van der Waals surface area contributed by atoms with Crippen molar-refractivity contribution in [3.8, 4) is 0 Å². The molecule has 0 radical (unpaired) electrons. The molecule has 0 aliphatic rings. The maximum absolute atomic E-state index is 14.2. The molecule has 4 aromatic rings. The van der Waals surface area contributed by atoms with Gasteiger partial charge in [0.15, 0.2) is 46.5 Å². The van der Waals surface area contributed by atoms with E-state index in [9.17, 15) is 35.1 Å². The highest BCUT2D eigenvalue weighted by molar-refractivity contribution is 6.12. The number of fused-ring (bicyclic) bond motifs is 6. The summed E-state index contributed by atoms with van der Waals surface area (Å²) in [6.07, 6.45) is 0.752. The zero-order chi connectivity index (χ0) is 18.2. The molecule has 0 spiro atoms. The summed E-state index contributed by atoms with van der Waals surface area (Å²) in [7, 11) is 0. The molecular formula is C15H2F8N2. The first-order valence-corrected chi connectivity index (χ1v) is 6.53. The molecular weight excluding hydrogens is 360 g/mol. The molecule has 0 saturated carbocycles. The summed E-state index contributed by atoms with van der Waals surface area (Å²) < 4.78 is 111. The minimum Gasteiger partial charge on any atom is -0.294 e. The average molecular weight is 362 g/mol. The summed E-state index contributed by atoms with van der Waals surface area (Å²) in [6, 6.07) is 0. The van der Waals surface area contributed by atoms with Crippen molar-refractivity contribution in [3.63, 3.8) is 0 Å². The third-order valence-corrected chi connectivity index (χ3v) is 3.84. The number of hydrogen-bond donors (Lipinski definition) is 0. The second kappa shape index (κ2) is 4.80. The molecule has 0 aliphatic carbocycles. The van der Waals surface area contributed by atoms with Crippen LogP contribution in [0.4, 0.5) is 35.1 Å². The fourth-order valence-corrected chi connectivity index (χ4v) is 2.80. The Morgan fingerprint density at radius 3 is 1.84 bits per heavy atom. The first-order valence-electron chi connectivity index (χ1n) is 6.53. The third kappa shape index (κ3) is 1.76. The fraction of sp³-hybridized carbons (Fsp3) is 0. The molecule has 128 valence electrons. The number of rotatable bonds is 0. The van der Waals surface area contributed by atoms with Crippen LogP contribution in [0.25, 0.3) is 27.3 Å². The Kier molecular flexibility index (Phi) is 3.00. The second-order valence-electron chi connectivity index (χ2n) is 5.13. The third-order valence-electron chi connectivity index (χ3n) is 3.84. The van der Waals surface area contributed by atoms with E-state index in [1.165, 1.54) is 0 Å². The molecule has 0 atom stereocenters. The van der Waals surface area contributed by atoms with Gasteiger partial charge in [-0.15, -0.1) is 0 Å². The van der Waals surface area contributed by atoms with Crippen molar-refractivity contribution in [1.29, 1.82) is 0 Å². The van der Waals surface area contributed by atoms with Crippen LogP contribution in [0.5, 0.6) is 0 Å². The van der Waals surface area contributed by atoms with Gasteiger partial charge in [-0.2, -0.15) is 0 Å². The Labute approximate surface area is 131 Å². The van der Waals surface area contributed by atoms with E-state index < -0.39 is 73.9 Å². The van der Waals surface area contributed by atoms with Crippen molar-refractivity contribution in [1.82, 2.24) is 9.38 Å². The molecule has 10 heteroatoms. The Balaban J connectivity index is 2.55. The molecule has 4 rings (SSSR count). The van der Waals surface area contributed by atoms with Gasteiger partial charge in [0.1, 0.15) is 5.65 Å². The van der Waals surface area contributed by atoms with Crippen molar-refractivity contribution in [2.75, 3.05) is 0 Å². The SMILES string of the molecule is Fc1cnc2c(c1F)c1c(F)c(F)c(F)c(F)c1c1c(F)c(F)cn21. The second-order valence-corrected chi connectivity index (χ2v) is 5.13. The van der Waals surface area contributed by atoms with E-state index in [0.717, 1.165) is 0 Å². The number of pyridine rings is 2. The zero-order valence-electron chi connectivity index (χ0n) is 11.6. The van der Waals surface area contributed by atoms with Gasteiger partial charge in [0.2, 0.25) is 0 Å². The molecule has 0 N–H and O–H groups in total. The van der Waals surface area contributed by atoms with Crippen LogP contribution in [0.15, 0.2) is 12.4 Å². The molecule has 3 aromatic heterocycles. The summed E-state index contributed by atoms with van der Waals surface area (Å²) in [6.45, 7) is 0. The van der Waals surface area contributed by atoms with Gasteiger partial charge < -0.3 is 0 Å². The van der Waals surface area contributed by atoms with Gasteiger partial charge in [0, 0.05) is 5.39 Å². The summed E-state index contributed by atoms with van der Waals surface area (Å²) in [5.74, 6) is -15.5. The molecule has 0 aliphatic heterocycles. The number of nitrogens with zero attached hydrogens (tertiary/aromatic N) is 2. The van der Waals surface area contributed by atoms with E-state index in [-0.39, 0.29) is 0 Å². The van der Waals surface area contributed by atoms with E-state index in [4.69, 9.17) is 0 Å². The molecule has 0 amide bonds. The minimum absolute atomic E-state index is 0.340. The topological polar surface area (TPSA) is 17.3 Å². The van der Waals surface area contributed by atoms with Crippen LogP contribution in [0.1, 0.15) is 0 Å². The van der Waals surface area contributed by atoms with Crippen molar-refractivity contribution in [3.05, 3.63) is 58.9 Å². The summed E-state index contributed by atoms with van der Waals surface area (Å²) in [4.78, 5) is 3.41. The lowest BCUT2D eigenvalue weighted by Crippen LogP contribution is -2.05. The lowest BCUT2D eigenvalue weighted by molar-refractivity contribution is 0.418. The number of aromatic nitrogens is 2. The predicted molar refractivity (Wildman–Crippen MR) is 69.9 cm³/mol. The summed E-state index contributed by atoms with van der Waals surface area (Å²) in [5.41, 5.74) is -1.75. The molecule has 3 heterocycles. The van der Waals surface area contributed by atoms with E-state index in [1.54, 1.807) is 0 Å². The number of halogens is 8. The highest BCUT2D eigenvalue weighted by Gasteiger charge is 2.29. The molecule has 2 nitrogen and oxygen atoms in total. The van der Waals surface area contributed by atoms with Crippen LogP contribution in [0.2, 0.25) is 0 Å². The number of benzene rings is 1. The van der Waals surface area contributed by atoms with Gasteiger partial charge in [-0.05, 0) is 0 Å². The highest BCUT2D eigenvalue weighted by Crippen LogP contribution is 2.38. The van der Waals surface area contributed by atoms with Crippen LogP contribution in [-0.4, -0.2) is 9.38 Å². The van der Waals surface area contributed by atoms with Crippen LogP contribution in [0, 0.1) is 46.5 Å². The summed E-state index contributed by atoms with van der Waals surface area (Å²) in [5, 5.41) is -3.66. The van der Waals surface area contributed by atoms with Gasteiger partial charge in [-0.3, -0.25) is 4.40 Å². The predicted octanol–water partition coefficient (Wildman–Crippen LogP) is 4.75. The van der Waals surface area contributed by atoms with Crippen LogP contribution >= 0.6 is 0 Å².